The largest absolute Gasteiger partial charge is 0.493 e. The number of allylic oxidation sites excluding steroid dienone is 1. The van der Waals surface area contributed by atoms with Crippen molar-refractivity contribution in [2.75, 3.05) is 34.0 Å². The molecular formula is C25H32O6. The zero-order valence-electron chi connectivity index (χ0n) is 19.0. The quantitative estimate of drug-likeness (QED) is 0.457. The first-order chi connectivity index (χ1) is 15.0. The van der Waals surface area contributed by atoms with Crippen LogP contribution < -0.4 is 14.2 Å². The van der Waals surface area contributed by atoms with Gasteiger partial charge in [0.15, 0.2) is 17.6 Å². The average molecular weight is 429 g/mol. The van der Waals surface area contributed by atoms with Gasteiger partial charge in [0.1, 0.15) is 12.4 Å². The highest BCUT2D eigenvalue weighted by Gasteiger charge is 2.20. The van der Waals surface area contributed by atoms with Crippen LogP contribution in [-0.2, 0) is 20.7 Å². The number of ether oxygens (including phenoxy) is 5. The molecule has 0 unspecified atom stereocenters. The zero-order chi connectivity index (χ0) is 22.6. The molecule has 0 amide bonds. The second-order valence-corrected chi connectivity index (χ2v) is 6.81. The van der Waals surface area contributed by atoms with Crippen LogP contribution in [0.4, 0.5) is 0 Å². The summed E-state index contributed by atoms with van der Waals surface area (Å²) in [6.07, 6.45) is 1.88. The van der Waals surface area contributed by atoms with Gasteiger partial charge in [-0.3, -0.25) is 0 Å². The molecule has 0 saturated heterocycles. The molecule has 0 bridgehead atoms. The highest BCUT2D eigenvalue weighted by Crippen LogP contribution is 2.30. The minimum Gasteiger partial charge on any atom is -0.493 e. The summed E-state index contributed by atoms with van der Waals surface area (Å²) in [6, 6.07) is 13.5. The first-order valence-corrected chi connectivity index (χ1v) is 10.4. The van der Waals surface area contributed by atoms with Crippen molar-refractivity contribution in [1.82, 2.24) is 0 Å². The van der Waals surface area contributed by atoms with Gasteiger partial charge in [-0.1, -0.05) is 18.2 Å². The standard InChI is InChI=1S/C25H32O6/c1-6-29-24(25(26)30-7-2)16-19-8-11-21(12-9-19)31-15-14-18(3)20-10-13-22(27-4)23(17-20)28-5/h8-14,17,24H,6-7,15-16H2,1-5H3/t24-/m0/s1. The third kappa shape index (κ3) is 7.33. The number of carbonyl (C=O) groups excluding carboxylic acids is 1. The summed E-state index contributed by atoms with van der Waals surface area (Å²) in [6.45, 7) is 6.90. The van der Waals surface area contributed by atoms with Crippen LogP contribution in [0.15, 0.2) is 48.5 Å². The normalized spacial score (nSPS) is 12.2. The maximum absolute atomic E-state index is 12.0. The lowest BCUT2D eigenvalue weighted by Gasteiger charge is -2.15. The van der Waals surface area contributed by atoms with Crippen LogP contribution in [0.2, 0.25) is 0 Å². The summed E-state index contributed by atoms with van der Waals surface area (Å²) in [5.74, 6) is 1.81. The summed E-state index contributed by atoms with van der Waals surface area (Å²) >= 11 is 0. The fourth-order valence-electron chi connectivity index (χ4n) is 3.04. The lowest BCUT2D eigenvalue weighted by molar-refractivity contribution is -0.156. The van der Waals surface area contributed by atoms with Crippen LogP contribution in [0.1, 0.15) is 31.9 Å². The highest BCUT2D eigenvalue weighted by molar-refractivity contribution is 5.75. The molecule has 2 aromatic rings. The van der Waals surface area contributed by atoms with Crippen LogP contribution in [0.5, 0.6) is 17.2 Å². The maximum atomic E-state index is 12.0. The van der Waals surface area contributed by atoms with E-state index in [2.05, 4.69) is 0 Å². The topological polar surface area (TPSA) is 63.2 Å². The first kappa shape index (κ1) is 24.3. The van der Waals surface area contributed by atoms with Gasteiger partial charge in [-0.05, 0) is 67.8 Å². The second-order valence-electron chi connectivity index (χ2n) is 6.81. The predicted octanol–water partition coefficient (Wildman–Crippen LogP) is 4.70. The number of hydrogen-bond donors (Lipinski definition) is 0. The van der Waals surface area contributed by atoms with Crippen LogP contribution in [0.3, 0.4) is 0 Å². The van der Waals surface area contributed by atoms with Crippen molar-refractivity contribution in [3.8, 4) is 17.2 Å². The Hall–Kier alpha value is -2.99. The molecule has 0 aliphatic rings. The molecule has 2 rings (SSSR count). The Labute approximate surface area is 184 Å². The lowest BCUT2D eigenvalue weighted by Crippen LogP contribution is -2.28. The van der Waals surface area contributed by atoms with Crippen LogP contribution in [-0.4, -0.2) is 46.1 Å². The van der Waals surface area contributed by atoms with E-state index < -0.39 is 6.10 Å². The summed E-state index contributed by atoms with van der Waals surface area (Å²) < 4.78 is 27.1. The van der Waals surface area contributed by atoms with E-state index in [4.69, 9.17) is 23.7 Å². The van der Waals surface area contributed by atoms with Gasteiger partial charge in [-0.15, -0.1) is 0 Å². The fourth-order valence-corrected chi connectivity index (χ4v) is 3.04. The van der Waals surface area contributed by atoms with Crippen LogP contribution >= 0.6 is 0 Å². The molecule has 6 heteroatoms. The molecule has 0 N–H and O–H groups in total. The SMILES string of the molecule is CCOC(=O)[C@H](Cc1ccc(OCC=C(C)c2ccc(OC)c(OC)c2)cc1)OCC. The number of carbonyl (C=O) groups is 1. The molecule has 0 heterocycles. The molecule has 0 spiro atoms. The summed E-state index contributed by atoms with van der Waals surface area (Å²) in [7, 11) is 3.24. The molecule has 31 heavy (non-hydrogen) atoms. The third-order valence-corrected chi connectivity index (χ3v) is 4.74. The molecule has 6 nitrogen and oxygen atoms in total. The van der Waals surface area contributed by atoms with Gasteiger partial charge in [0.2, 0.25) is 0 Å². The maximum Gasteiger partial charge on any atom is 0.335 e. The molecule has 0 aliphatic heterocycles. The van der Waals surface area contributed by atoms with E-state index in [0.29, 0.717) is 37.7 Å². The third-order valence-electron chi connectivity index (χ3n) is 4.74. The molecular weight excluding hydrogens is 396 g/mol. The minimum absolute atomic E-state index is 0.333. The fraction of sp³-hybridized carbons (Fsp3) is 0.400. The van der Waals surface area contributed by atoms with E-state index in [1.165, 1.54) is 0 Å². The Morgan fingerprint density at radius 2 is 1.68 bits per heavy atom. The number of benzene rings is 2. The smallest absolute Gasteiger partial charge is 0.335 e. The van der Waals surface area contributed by atoms with E-state index >= 15 is 0 Å². The molecule has 2 aromatic carbocycles. The Bertz CT molecular complexity index is 857. The Balaban J connectivity index is 1.95. The molecule has 168 valence electrons. The molecule has 1 atom stereocenters. The van der Waals surface area contributed by atoms with Gasteiger partial charge < -0.3 is 23.7 Å². The summed E-state index contributed by atoms with van der Waals surface area (Å²) in [5.41, 5.74) is 3.10. The van der Waals surface area contributed by atoms with Crippen molar-refractivity contribution in [3.63, 3.8) is 0 Å². The van der Waals surface area contributed by atoms with Crippen LogP contribution in [0, 0.1) is 0 Å². The molecule has 0 aliphatic carbocycles. The molecule has 0 radical (unpaired) electrons. The van der Waals surface area contributed by atoms with E-state index in [9.17, 15) is 4.79 Å². The Morgan fingerprint density at radius 3 is 2.29 bits per heavy atom. The second kappa shape index (κ2) is 12.6. The zero-order valence-corrected chi connectivity index (χ0v) is 19.0. The minimum atomic E-state index is -0.594. The van der Waals surface area contributed by atoms with Crippen LogP contribution in [0.25, 0.3) is 5.57 Å². The Morgan fingerprint density at radius 1 is 0.968 bits per heavy atom. The van der Waals surface area contributed by atoms with Gasteiger partial charge in [0.05, 0.1) is 20.8 Å². The molecule has 0 fully saturated rings. The van der Waals surface area contributed by atoms with Crippen molar-refractivity contribution >= 4 is 11.5 Å². The summed E-state index contributed by atoms with van der Waals surface area (Å²) in [4.78, 5) is 12.0. The van der Waals surface area contributed by atoms with Gasteiger partial charge in [0, 0.05) is 13.0 Å². The van der Waals surface area contributed by atoms with E-state index in [1.54, 1.807) is 21.1 Å². The first-order valence-electron chi connectivity index (χ1n) is 10.4. The van der Waals surface area contributed by atoms with Gasteiger partial charge in [-0.2, -0.15) is 0 Å². The van der Waals surface area contributed by atoms with Gasteiger partial charge in [0.25, 0.3) is 0 Å². The van der Waals surface area contributed by atoms with Gasteiger partial charge in [-0.25, -0.2) is 4.79 Å². The molecule has 0 saturated carbocycles. The monoisotopic (exact) mass is 428 g/mol. The average Bonchev–Trinajstić information content (AvgIpc) is 2.79. The highest BCUT2D eigenvalue weighted by atomic mass is 16.6. The van der Waals surface area contributed by atoms with E-state index in [-0.39, 0.29) is 5.97 Å². The lowest BCUT2D eigenvalue weighted by atomic mass is 10.1. The number of rotatable bonds is 12. The van der Waals surface area contributed by atoms with Crippen molar-refractivity contribution in [2.24, 2.45) is 0 Å². The number of hydrogen-bond acceptors (Lipinski definition) is 6. The summed E-state index contributed by atoms with van der Waals surface area (Å²) in [5, 5.41) is 0. The van der Waals surface area contributed by atoms with Crippen molar-refractivity contribution in [2.45, 2.75) is 33.3 Å². The van der Waals surface area contributed by atoms with E-state index in [1.807, 2.05) is 62.4 Å². The van der Waals surface area contributed by atoms with Crippen molar-refractivity contribution in [3.05, 3.63) is 59.7 Å². The Kier molecular flexibility index (Phi) is 9.91. The number of esters is 1. The number of methoxy groups -OCH3 is 2. The molecule has 0 aromatic heterocycles. The van der Waals surface area contributed by atoms with E-state index in [0.717, 1.165) is 22.4 Å². The van der Waals surface area contributed by atoms with Crippen molar-refractivity contribution in [1.29, 1.82) is 0 Å². The van der Waals surface area contributed by atoms with Gasteiger partial charge >= 0.3 is 5.97 Å². The predicted molar refractivity (Wildman–Crippen MR) is 121 cm³/mol. The van der Waals surface area contributed by atoms with Crippen molar-refractivity contribution < 1.29 is 28.5 Å².